The summed E-state index contributed by atoms with van der Waals surface area (Å²) in [7, 11) is 0. The molecular formula is C33H39F3N4O2. The van der Waals surface area contributed by atoms with E-state index < -0.39 is 11.7 Å². The third-order valence-corrected chi connectivity index (χ3v) is 9.00. The number of likely N-dealkylation sites (tertiary alicyclic amines) is 1. The van der Waals surface area contributed by atoms with E-state index in [2.05, 4.69) is 28.9 Å². The number of rotatable bonds is 6. The Morgan fingerprint density at radius 1 is 0.952 bits per heavy atom. The SMILES string of the molecule is Cc1c[n+]([O-])cc(C)c1C(=O)N1CCC(N2CCN([C@H](C)c3ccc(C(F)(F)F)cc3)[C@@H](Cc3ccccc3)C2)CC1. The van der Waals surface area contributed by atoms with E-state index >= 15 is 0 Å². The lowest BCUT2D eigenvalue weighted by molar-refractivity contribution is -0.606. The first-order chi connectivity index (χ1) is 20.0. The summed E-state index contributed by atoms with van der Waals surface area (Å²) in [6.07, 6.45) is 1.17. The predicted octanol–water partition coefficient (Wildman–Crippen LogP) is 5.55. The van der Waals surface area contributed by atoms with Crippen molar-refractivity contribution >= 4 is 5.91 Å². The molecular weight excluding hydrogens is 541 g/mol. The lowest BCUT2D eigenvalue weighted by atomic mass is 9.94. The summed E-state index contributed by atoms with van der Waals surface area (Å²) in [5.74, 6) is -0.0128. The number of aromatic nitrogens is 1. The van der Waals surface area contributed by atoms with E-state index in [1.54, 1.807) is 26.0 Å². The highest BCUT2D eigenvalue weighted by atomic mass is 19.4. The summed E-state index contributed by atoms with van der Waals surface area (Å²) in [4.78, 5) is 20.2. The maximum atomic E-state index is 13.4. The van der Waals surface area contributed by atoms with Crippen LogP contribution in [-0.2, 0) is 12.6 Å². The zero-order chi connectivity index (χ0) is 30.0. The Morgan fingerprint density at radius 2 is 1.57 bits per heavy atom. The first-order valence-electron chi connectivity index (χ1n) is 14.7. The molecule has 42 heavy (non-hydrogen) atoms. The average Bonchev–Trinajstić information content (AvgIpc) is 2.96. The Kier molecular flexibility index (Phi) is 8.89. The Hall–Kier alpha value is -3.43. The van der Waals surface area contributed by atoms with Crippen LogP contribution < -0.4 is 4.73 Å². The second-order valence-electron chi connectivity index (χ2n) is 11.8. The third kappa shape index (κ3) is 6.63. The highest BCUT2D eigenvalue weighted by Crippen LogP contribution is 2.33. The molecule has 6 nitrogen and oxygen atoms in total. The lowest BCUT2D eigenvalue weighted by Crippen LogP contribution is -2.58. The minimum absolute atomic E-state index is 0.0128. The topological polar surface area (TPSA) is 53.7 Å². The van der Waals surface area contributed by atoms with Crippen molar-refractivity contribution in [1.29, 1.82) is 0 Å². The van der Waals surface area contributed by atoms with Crippen LogP contribution in [0.3, 0.4) is 0 Å². The summed E-state index contributed by atoms with van der Waals surface area (Å²) in [6, 6.07) is 16.5. The molecule has 1 amide bonds. The van der Waals surface area contributed by atoms with E-state index in [0.29, 0.717) is 35.8 Å². The highest BCUT2D eigenvalue weighted by molar-refractivity contribution is 5.96. The molecule has 3 heterocycles. The standard InChI is InChI=1S/C33H39F3N4O2/c1-23-20-39(42)21-24(2)31(23)32(41)37-15-13-29(14-16-37)38-17-18-40(30(22-38)19-26-7-5-4-6-8-26)25(3)27-9-11-28(12-10-27)33(34,35)36/h4-12,20-21,25,29-30H,13-19,22H2,1-3H3/t25-,30+/m1/s1. The molecule has 2 atom stereocenters. The normalized spacial score (nSPS) is 20.0. The number of benzene rings is 2. The van der Waals surface area contributed by atoms with E-state index in [0.717, 1.165) is 49.2 Å². The molecule has 2 fully saturated rings. The molecule has 2 aliphatic heterocycles. The maximum absolute atomic E-state index is 13.4. The van der Waals surface area contributed by atoms with Gasteiger partial charge >= 0.3 is 6.18 Å². The second-order valence-corrected chi connectivity index (χ2v) is 11.8. The van der Waals surface area contributed by atoms with Crippen LogP contribution >= 0.6 is 0 Å². The number of piperidine rings is 1. The predicted molar refractivity (Wildman–Crippen MR) is 156 cm³/mol. The van der Waals surface area contributed by atoms with Crippen molar-refractivity contribution in [2.45, 2.75) is 64.3 Å². The van der Waals surface area contributed by atoms with Crippen LogP contribution in [0.4, 0.5) is 13.2 Å². The molecule has 5 rings (SSSR count). The number of amides is 1. The fourth-order valence-corrected chi connectivity index (χ4v) is 6.73. The van der Waals surface area contributed by atoms with Gasteiger partial charge in [0.2, 0.25) is 0 Å². The van der Waals surface area contributed by atoms with E-state index in [4.69, 9.17) is 0 Å². The molecule has 0 saturated carbocycles. The van der Waals surface area contributed by atoms with Crippen LogP contribution in [0.1, 0.15) is 64.0 Å². The van der Waals surface area contributed by atoms with Gasteiger partial charge in [-0.25, -0.2) is 0 Å². The van der Waals surface area contributed by atoms with E-state index in [-0.39, 0.29) is 18.0 Å². The number of pyridine rings is 1. The quantitative estimate of drug-likeness (QED) is 0.284. The van der Waals surface area contributed by atoms with Crippen LogP contribution in [0.15, 0.2) is 67.0 Å². The fraction of sp³-hybridized carbons (Fsp3) is 0.455. The number of hydrogen-bond donors (Lipinski definition) is 0. The first-order valence-corrected chi connectivity index (χ1v) is 14.7. The average molecular weight is 581 g/mol. The summed E-state index contributed by atoms with van der Waals surface area (Å²) >= 11 is 0. The molecule has 1 aromatic heterocycles. The third-order valence-electron chi connectivity index (χ3n) is 9.00. The first kappa shape index (κ1) is 30.0. The number of carbonyl (C=O) groups is 1. The van der Waals surface area contributed by atoms with Crippen molar-refractivity contribution in [2.24, 2.45) is 0 Å². The zero-order valence-electron chi connectivity index (χ0n) is 24.5. The van der Waals surface area contributed by atoms with Gasteiger partial charge in [-0.05, 0) is 63.3 Å². The summed E-state index contributed by atoms with van der Waals surface area (Å²) < 4.78 is 40.2. The van der Waals surface area contributed by atoms with Crippen molar-refractivity contribution in [3.8, 4) is 0 Å². The molecule has 0 bridgehead atoms. The maximum Gasteiger partial charge on any atom is 0.416 e. The van der Waals surface area contributed by atoms with E-state index in [9.17, 15) is 23.2 Å². The molecule has 0 aliphatic carbocycles. The molecule has 9 heteroatoms. The highest BCUT2D eigenvalue weighted by Gasteiger charge is 2.36. The number of carbonyl (C=O) groups excluding carboxylic acids is 1. The fourth-order valence-electron chi connectivity index (χ4n) is 6.73. The van der Waals surface area contributed by atoms with Crippen LogP contribution in [0.25, 0.3) is 0 Å². The second kappa shape index (κ2) is 12.4. The van der Waals surface area contributed by atoms with E-state index in [1.165, 1.54) is 30.1 Å². The van der Waals surface area contributed by atoms with Gasteiger partial charge in [0.05, 0.1) is 11.1 Å². The van der Waals surface area contributed by atoms with Gasteiger partial charge in [0.25, 0.3) is 5.91 Å². The number of hydrogen-bond acceptors (Lipinski definition) is 4. The van der Waals surface area contributed by atoms with Crippen LogP contribution in [0.2, 0.25) is 0 Å². The monoisotopic (exact) mass is 580 g/mol. The Bertz CT molecular complexity index is 1350. The molecule has 3 aromatic rings. The Labute approximate surface area is 245 Å². The zero-order valence-corrected chi connectivity index (χ0v) is 24.5. The van der Waals surface area contributed by atoms with Gasteiger partial charge in [-0.3, -0.25) is 14.6 Å². The molecule has 0 N–H and O–H groups in total. The minimum atomic E-state index is -4.35. The summed E-state index contributed by atoms with van der Waals surface area (Å²) in [5, 5.41) is 11.8. The van der Waals surface area contributed by atoms with Crippen LogP contribution in [-0.4, -0.2) is 65.4 Å². The van der Waals surface area contributed by atoms with Crippen molar-refractivity contribution in [1.82, 2.24) is 14.7 Å². The number of alkyl halides is 3. The van der Waals surface area contributed by atoms with Crippen molar-refractivity contribution in [3.63, 3.8) is 0 Å². The van der Waals surface area contributed by atoms with Crippen molar-refractivity contribution in [2.75, 3.05) is 32.7 Å². The molecule has 0 radical (unpaired) electrons. The number of nitrogens with zero attached hydrogens (tertiary/aromatic N) is 4. The van der Waals surface area contributed by atoms with Gasteiger partial charge in [-0.1, -0.05) is 42.5 Å². The Morgan fingerprint density at radius 3 is 2.17 bits per heavy atom. The lowest BCUT2D eigenvalue weighted by Gasteiger charge is -2.48. The Balaban J connectivity index is 1.27. The summed E-state index contributed by atoms with van der Waals surface area (Å²) in [5.41, 5.74) is 3.51. The number of halogens is 3. The van der Waals surface area contributed by atoms with Crippen LogP contribution in [0, 0.1) is 19.1 Å². The van der Waals surface area contributed by atoms with Gasteiger partial charge in [0.15, 0.2) is 12.4 Å². The van der Waals surface area contributed by atoms with Crippen LogP contribution in [0.5, 0.6) is 0 Å². The van der Waals surface area contributed by atoms with Gasteiger partial charge in [0, 0.05) is 62.0 Å². The van der Waals surface area contributed by atoms with E-state index in [1.807, 2.05) is 23.1 Å². The molecule has 2 saturated heterocycles. The van der Waals surface area contributed by atoms with Gasteiger partial charge < -0.3 is 10.1 Å². The number of aryl methyl sites for hydroxylation is 2. The molecule has 0 unspecified atom stereocenters. The largest absolute Gasteiger partial charge is 0.619 e. The van der Waals surface area contributed by atoms with Gasteiger partial charge in [-0.2, -0.15) is 17.9 Å². The smallest absolute Gasteiger partial charge is 0.416 e. The minimum Gasteiger partial charge on any atom is -0.619 e. The molecule has 2 aromatic carbocycles. The van der Waals surface area contributed by atoms with Crippen molar-refractivity contribution in [3.05, 3.63) is 106 Å². The van der Waals surface area contributed by atoms with Crippen molar-refractivity contribution < 1.29 is 22.7 Å². The molecule has 224 valence electrons. The summed E-state index contributed by atoms with van der Waals surface area (Å²) in [6.45, 7) is 9.58. The molecule has 0 spiro atoms. The van der Waals surface area contributed by atoms with Gasteiger partial charge in [-0.15, -0.1) is 0 Å². The van der Waals surface area contributed by atoms with Gasteiger partial charge in [0.1, 0.15) is 0 Å². The number of piperazine rings is 1. The molecule has 2 aliphatic rings.